The zero-order valence-electron chi connectivity index (χ0n) is 9.32. The second kappa shape index (κ2) is 5.53. The number of amides is 2. The smallest absolute Gasteiger partial charge is 0.241 e. The van der Waals surface area contributed by atoms with Crippen LogP contribution in [0.5, 0.6) is 0 Å². The highest BCUT2D eigenvalue weighted by Gasteiger charge is 2.19. The van der Waals surface area contributed by atoms with Crippen molar-refractivity contribution >= 4 is 11.8 Å². The van der Waals surface area contributed by atoms with Crippen LogP contribution in [0.15, 0.2) is 12.2 Å². The van der Waals surface area contributed by atoms with Gasteiger partial charge in [0.25, 0.3) is 0 Å². The average molecular weight is 210 g/mol. The summed E-state index contributed by atoms with van der Waals surface area (Å²) in [5.41, 5.74) is 0. The molecule has 0 aromatic heterocycles. The van der Waals surface area contributed by atoms with Gasteiger partial charge < -0.3 is 10.2 Å². The van der Waals surface area contributed by atoms with Crippen LogP contribution in [0.2, 0.25) is 0 Å². The Labute approximate surface area is 90.3 Å². The van der Waals surface area contributed by atoms with Gasteiger partial charge in [0.2, 0.25) is 11.8 Å². The molecule has 2 amide bonds. The lowest BCUT2D eigenvalue weighted by molar-refractivity contribution is -0.132. The van der Waals surface area contributed by atoms with Crippen LogP contribution in [0, 0.1) is 5.92 Å². The molecule has 0 heterocycles. The van der Waals surface area contributed by atoms with Crippen molar-refractivity contribution in [2.45, 2.75) is 19.3 Å². The molecular weight excluding hydrogens is 192 g/mol. The predicted molar refractivity (Wildman–Crippen MR) is 58.2 cm³/mol. The molecule has 0 saturated carbocycles. The van der Waals surface area contributed by atoms with Crippen molar-refractivity contribution in [3.05, 3.63) is 12.2 Å². The van der Waals surface area contributed by atoms with E-state index in [9.17, 15) is 9.59 Å². The van der Waals surface area contributed by atoms with Gasteiger partial charge in [0.05, 0.1) is 6.54 Å². The number of carbonyl (C=O) groups excluding carboxylic acids is 2. The number of carbonyl (C=O) groups is 2. The van der Waals surface area contributed by atoms with Crippen molar-refractivity contribution in [2.24, 2.45) is 5.92 Å². The first-order valence-electron chi connectivity index (χ1n) is 5.24. The number of hydrogen-bond donors (Lipinski definition) is 1. The first kappa shape index (κ1) is 11.8. The van der Waals surface area contributed by atoms with Crippen LogP contribution in [-0.2, 0) is 9.59 Å². The SMILES string of the molecule is CN(C)C(=O)CNC(=O)[C@@H]1CC=CCC1. The zero-order valence-corrected chi connectivity index (χ0v) is 9.32. The van der Waals surface area contributed by atoms with E-state index < -0.39 is 0 Å². The summed E-state index contributed by atoms with van der Waals surface area (Å²) in [6.45, 7) is 0.103. The van der Waals surface area contributed by atoms with Crippen LogP contribution in [0.4, 0.5) is 0 Å². The zero-order chi connectivity index (χ0) is 11.3. The van der Waals surface area contributed by atoms with Crippen molar-refractivity contribution in [3.8, 4) is 0 Å². The predicted octanol–water partition coefficient (Wildman–Crippen LogP) is 0.547. The van der Waals surface area contributed by atoms with E-state index in [1.165, 1.54) is 4.90 Å². The minimum absolute atomic E-state index is 0.00505. The summed E-state index contributed by atoms with van der Waals surface area (Å²) in [6, 6.07) is 0. The molecule has 0 radical (unpaired) electrons. The van der Waals surface area contributed by atoms with Crippen LogP contribution in [0.1, 0.15) is 19.3 Å². The number of allylic oxidation sites excluding steroid dienone is 2. The van der Waals surface area contributed by atoms with E-state index in [0.29, 0.717) is 0 Å². The van der Waals surface area contributed by atoms with Gasteiger partial charge in [0, 0.05) is 20.0 Å². The number of nitrogens with one attached hydrogen (secondary N) is 1. The Morgan fingerprint density at radius 2 is 2.13 bits per heavy atom. The summed E-state index contributed by atoms with van der Waals surface area (Å²) in [5.74, 6) is -0.0331. The second-order valence-electron chi connectivity index (χ2n) is 3.99. The van der Waals surface area contributed by atoms with Crippen LogP contribution in [-0.4, -0.2) is 37.4 Å². The molecule has 1 aliphatic carbocycles. The van der Waals surface area contributed by atoms with E-state index >= 15 is 0 Å². The van der Waals surface area contributed by atoms with Gasteiger partial charge in [-0.3, -0.25) is 9.59 Å². The molecule has 0 aromatic carbocycles. The maximum Gasteiger partial charge on any atom is 0.241 e. The van der Waals surface area contributed by atoms with Crippen molar-refractivity contribution in [3.63, 3.8) is 0 Å². The largest absolute Gasteiger partial charge is 0.347 e. The minimum atomic E-state index is -0.0744. The number of nitrogens with zero attached hydrogens (tertiary/aromatic N) is 1. The summed E-state index contributed by atoms with van der Waals surface area (Å²) in [7, 11) is 3.36. The van der Waals surface area contributed by atoms with Crippen molar-refractivity contribution in [2.75, 3.05) is 20.6 Å². The van der Waals surface area contributed by atoms with Gasteiger partial charge in [-0.25, -0.2) is 0 Å². The number of hydrogen-bond acceptors (Lipinski definition) is 2. The highest BCUT2D eigenvalue weighted by molar-refractivity contribution is 5.85. The third-order valence-corrected chi connectivity index (χ3v) is 2.55. The monoisotopic (exact) mass is 210 g/mol. The quantitative estimate of drug-likeness (QED) is 0.691. The lowest BCUT2D eigenvalue weighted by atomic mass is 9.94. The van der Waals surface area contributed by atoms with Gasteiger partial charge in [0.15, 0.2) is 0 Å². The van der Waals surface area contributed by atoms with E-state index in [0.717, 1.165) is 19.3 Å². The Kier molecular flexibility index (Phi) is 4.34. The van der Waals surface area contributed by atoms with Gasteiger partial charge in [-0.05, 0) is 19.3 Å². The van der Waals surface area contributed by atoms with E-state index in [1.54, 1.807) is 14.1 Å². The highest BCUT2D eigenvalue weighted by atomic mass is 16.2. The molecule has 1 atom stereocenters. The van der Waals surface area contributed by atoms with Crippen LogP contribution >= 0.6 is 0 Å². The number of rotatable bonds is 3. The van der Waals surface area contributed by atoms with Crippen LogP contribution in [0.25, 0.3) is 0 Å². The summed E-state index contributed by atoms with van der Waals surface area (Å²) >= 11 is 0. The normalized spacial score (nSPS) is 19.7. The molecule has 4 heteroatoms. The molecule has 1 N–H and O–H groups in total. The van der Waals surface area contributed by atoms with Gasteiger partial charge in [-0.2, -0.15) is 0 Å². The molecular formula is C11H18N2O2. The third kappa shape index (κ3) is 3.73. The third-order valence-electron chi connectivity index (χ3n) is 2.55. The Morgan fingerprint density at radius 1 is 1.40 bits per heavy atom. The molecule has 0 spiro atoms. The van der Waals surface area contributed by atoms with Crippen molar-refractivity contribution in [1.82, 2.24) is 10.2 Å². The van der Waals surface area contributed by atoms with Gasteiger partial charge in [0.1, 0.15) is 0 Å². The maximum atomic E-state index is 11.6. The highest BCUT2D eigenvalue weighted by Crippen LogP contribution is 2.17. The molecule has 0 unspecified atom stereocenters. The van der Waals surface area contributed by atoms with E-state index in [1.807, 2.05) is 6.08 Å². The van der Waals surface area contributed by atoms with Gasteiger partial charge in [-0.15, -0.1) is 0 Å². The van der Waals surface area contributed by atoms with Crippen LogP contribution in [0.3, 0.4) is 0 Å². The minimum Gasteiger partial charge on any atom is -0.347 e. The van der Waals surface area contributed by atoms with Gasteiger partial charge >= 0.3 is 0 Å². The molecule has 0 aliphatic heterocycles. The summed E-state index contributed by atoms with van der Waals surface area (Å²) < 4.78 is 0. The first-order chi connectivity index (χ1) is 7.11. The summed E-state index contributed by atoms with van der Waals surface area (Å²) in [6.07, 6.45) is 6.76. The van der Waals surface area contributed by atoms with E-state index in [-0.39, 0.29) is 24.3 Å². The fourth-order valence-corrected chi connectivity index (χ4v) is 1.50. The molecule has 0 aromatic rings. The fraction of sp³-hybridized carbons (Fsp3) is 0.636. The topological polar surface area (TPSA) is 49.4 Å². The standard InChI is InChI=1S/C11H18N2O2/c1-13(2)10(14)8-12-11(15)9-6-4-3-5-7-9/h3-4,9H,5-8H2,1-2H3,(H,12,15)/t9-/m1/s1. The lowest BCUT2D eigenvalue weighted by Gasteiger charge is -2.18. The van der Waals surface area contributed by atoms with E-state index in [4.69, 9.17) is 0 Å². The summed E-state index contributed by atoms with van der Waals surface area (Å²) in [4.78, 5) is 24.3. The Morgan fingerprint density at radius 3 is 2.67 bits per heavy atom. The first-order valence-corrected chi connectivity index (χ1v) is 5.24. The van der Waals surface area contributed by atoms with Crippen molar-refractivity contribution < 1.29 is 9.59 Å². The average Bonchev–Trinajstić information content (AvgIpc) is 2.26. The molecule has 1 aliphatic rings. The Hall–Kier alpha value is -1.32. The molecule has 0 bridgehead atoms. The van der Waals surface area contributed by atoms with Crippen molar-refractivity contribution in [1.29, 1.82) is 0 Å². The van der Waals surface area contributed by atoms with Gasteiger partial charge in [-0.1, -0.05) is 12.2 Å². The van der Waals surface area contributed by atoms with Crippen LogP contribution < -0.4 is 5.32 Å². The molecule has 0 fully saturated rings. The molecule has 15 heavy (non-hydrogen) atoms. The summed E-state index contributed by atoms with van der Waals surface area (Å²) in [5, 5.41) is 2.67. The molecule has 0 saturated heterocycles. The fourth-order valence-electron chi connectivity index (χ4n) is 1.50. The lowest BCUT2D eigenvalue weighted by Crippen LogP contribution is -2.39. The maximum absolute atomic E-state index is 11.6. The van der Waals surface area contributed by atoms with E-state index in [2.05, 4.69) is 11.4 Å². The number of likely N-dealkylation sites (N-methyl/N-ethyl adjacent to an activating group) is 1. The molecule has 4 nitrogen and oxygen atoms in total. The molecule has 1 rings (SSSR count). The Balaban J connectivity index is 2.29. The molecule has 84 valence electrons. The Bertz CT molecular complexity index is 272. The second-order valence-corrected chi connectivity index (χ2v) is 3.99.